The fourth-order valence-corrected chi connectivity index (χ4v) is 7.28. The number of nitrogens with two attached hydrogens (primary N) is 1. The van der Waals surface area contributed by atoms with Gasteiger partial charge >= 0.3 is 5.97 Å². The molecule has 6 aromatic rings. The Morgan fingerprint density at radius 2 is 0.730 bits per heavy atom. The summed E-state index contributed by atoms with van der Waals surface area (Å²) in [5, 5.41) is 17.7. The Morgan fingerprint density at radius 1 is 0.413 bits per heavy atom. The maximum atomic E-state index is 12.7. The minimum Gasteiger partial charge on any atom is -0.478 e. The lowest BCUT2D eigenvalue weighted by molar-refractivity contribution is 0.0695. The van der Waals surface area contributed by atoms with E-state index >= 15 is 0 Å². The number of amides is 3. The van der Waals surface area contributed by atoms with Crippen molar-refractivity contribution in [3.63, 3.8) is 0 Å². The lowest BCUT2D eigenvalue weighted by Gasteiger charge is -2.22. The summed E-state index contributed by atoms with van der Waals surface area (Å²) in [6.45, 7) is 0. The zero-order chi connectivity index (χ0) is 44.6. The number of hydrogen-bond acceptors (Lipinski definition) is 9. The molecule has 13 heteroatoms. The van der Waals surface area contributed by atoms with Gasteiger partial charge in [-0.2, -0.15) is 0 Å². The van der Waals surface area contributed by atoms with Gasteiger partial charge in [0, 0.05) is 87.9 Å². The number of carboxylic acid groups (broad SMARTS) is 1. The molecule has 0 unspecified atom stereocenters. The van der Waals surface area contributed by atoms with Crippen LogP contribution in [0.1, 0.15) is 112 Å². The average molecular weight is 845 g/mol. The van der Waals surface area contributed by atoms with E-state index in [1.807, 2.05) is 24.3 Å². The molecule has 4 aromatic carbocycles. The van der Waals surface area contributed by atoms with Crippen molar-refractivity contribution in [1.82, 2.24) is 25.9 Å². The average Bonchev–Trinajstić information content (AvgIpc) is 3.96. The number of carbonyl (C=O) groups excluding carboxylic acids is 5. The molecule has 63 heavy (non-hydrogen) atoms. The minimum absolute atomic E-state index is 0.0558. The maximum Gasteiger partial charge on any atom is 0.335 e. The van der Waals surface area contributed by atoms with Gasteiger partial charge in [-0.05, 0) is 87.1 Å². The molecule has 0 radical (unpaired) electrons. The van der Waals surface area contributed by atoms with Crippen LogP contribution in [0.4, 0.5) is 0 Å². The highest BCUT2D eigenvalue weighted by molar-refractivity contribution is 6.10. The quantitative estimate of drug-likeness (QED) is 0.0872. The molecule has 2 aliphatic rings. The highest BCUT2D eigenvalue weighted by Gasteiger charge is 2.30. The van der Waals surface area contributed by atoms with Crippen molar-refractivity contribution in [2.75, 3.05) is 0 Å². The molecule has 2 fully saturated rings. The predicted molar refractivity (Wildman–Crippen MR) is 238 cm³/mol. The summed E-state index contributed by atoms with van der Waals surface area (Å²) in [4.78, 5) is 79.9. The molecule has 6 N–H and O–H groups in total. The number of carbonyl (C=O) groups is 6. The molecule has 13 nitrogen and oxygen atoms in total. The zero-order valence-corrected chi connectivity index (χ0v) is 34.4. The molecule has 0 bridgehead atoms. The fraction of sp³-hybridized carbons (Fsp3) is 0.200. The highest BCUT2D eigenvalue weighted by atomic mass is 16.4. The predicted octanol–water partition coefficient (Wildman–Crippen LogP) is 6.70. The first kappa shape index (κ1) is 44.9. The van der Waals surface area contributed by atoms with E-state index in [4.69, 9.17) is 10.8 Å². The first-order valence-electron chi connectivity index (χ1n) is 20.7. The molecular weight excluding hydrogens is 797 g/mol. The van der Waals surface area contributed by atoms with E-state index in [2.05, 4.69) is 25.9 Å². The standard InChI is InChI=1S/C25H23N3O3.C14H10O3.C11H15N3O/c29-23(17-5-2-1-3-6-17)18-9-11-19(12-10-18)24(30)27-21-7-4-8-22(21)28-25(31)20-13-15-26-16-14-20;15-13(10-4-2-1-3-5-10)11-6-8-12(9-7-11)14(16)17;12-9-2-1-3-10(9)14-11(15)8-4-6-13-7-5-8/h1-3,5-6,9-16,21-22H,4,7-8H2,(H,27,30)(H,28,31);1-9H,(H,16,17);4-7,9-10H,1-3,12H2,(H,14,15)/t21-,22-;;9-,10-/m1.1/s1. The van der Waals surface area contributed by atoms with E-state index in [0.717, 1.165) is 38.5 Å². The lowest BCUT2D eigenvalue weighted by Crippen LogP contribution is -2.48. The van der Waals surface area contributed by atoms with Crippen LogP contribution in [0.3, 0.4) is 0 Å². The Hall–Kier alpha value is -7.64. The summed E-state index contributed by atoms with van der Waals surface area (Å²) < 4.78 is 0. The van der Waals surface area contributed by atoms with E-state index in [1.165, 1.54) is 24.3 Å². The number of pyridine rings is 2. The maximum absolute atomic E-state index is 12.7. The third-order valence-electron chi connectivity index (χ3n) is 10.8. The molecule has 2 heterocycles. The van der Waals surface area contributed by atoms with Crippen LogP contribution in [0, 0.1) is 0 Å². The Labute approximate surface area is 365 Å². The normalized spacial score (nSPS) is 17.3. The third kappa shape index (κ3) is 12.7. The van der Waals surface area contributed by atoms with E-state index in [1.54, 1.807) is 110 Å². The number of rotatable bonds is 11. The van der Waals surface area contributed by atoms with Gasteiger partial charge in [-0.15, -0.1) is 0 Å². The van der Waals surface area contributed by atoms with Crippen LogP contribution in [-0.4, -0.2) is 74.5 Å². The summed E-state index contributed by atoms with van der Waals surface area (Å²) in [5.41, 5.74) is 9.95. The van der Waals surface area contributed by atoms with Crippen molar-refractivity contribution >= 4 is 35.3 Å². The second-order valence-electron chi connectivity index (χ2n) is 15.1. The van der Waals surface area contributed by atoms with Crippen molar-refractivity contribution < 1.29 is 33.9 Å². The summed E-state index contributed by atoms with van der Waals surface area (Å²) in [6.07, 6.45) is 12.0. The van der Waals surface area contributed by atoms with E-state index in [9.17, 15) is 28.8 Å². The number of ketones is 2. The van der Waals surface area contributed by atoms with Gasteiger partial charge in [0.25, 0.3) is 17.7 Å². The minimum atomic E-state index is -0.997. The molecule has 0 spiro atoms. The topological polar surface area (TPSA) is 211 Å². The lowest BCUT2D eigenvalue weighted by atomic mass is 10.0. The first-order valence-corrected chi connectivity index (χ1v) is 20.7. The van der Waals surface area contributed by atoms with Gasteiger partial charge in [0.15, 0.2) is 11.6 Å². The van der Waals surface area contributed by atoms with Gasteiger partial charge in [0.2, 0.25) is 0 Å². The SMILES string of the molecule is N[C@@H]1CCC[C@H]1NC(=O)c1ccncc1.O=C(N[C@@H]1CCC[C@H]1NC(=O)c1ccc(C(=O)c2ccccc2)cc1)c1ccncc1.O=C(O)c1ccc(C(=O)c2ccccc2)cc1. The van der Waals surface area contributed by atoms with Crippen molar-refractivity contribution in [3.8, 4) is 0 Å². The number of carboxylic acids is 1. The van der Waals surface area contributed by atoms with Gasteiger partial charge in [0.05, 0.1) is 5.56 Å². The molecule has 8 rings (SSSR count). The van der Waals surface area contributed by atoms with Crippen LogP contribution < -0.4 is 21.7 Å². The van der Waals surface area contributed by atoms with E-state index < -0.39 is 5.97 Å². The molecule has 0 saturated heterocycles. The number of benzene rings is 4. The smallest absolute Gasteiger partial charge is 0.335 e. The molecular formula is C50H48N6O7. The molecule has 0 aliphatic heterocycles. The summed E-state index contributed by atoms with van der Waals surface area (Å²) in [6, 6.07) is 37.2. The number of aromatic carboxylic acids is 1. The molecule has 2 aliphatic carbocycles. The molecule has 2 saturated carbocycles. The second kappa shape index (κ2) is 22.3. The summed E-state index contributed by atoms with van der Waals surface area (Å²) >= 11 is 0. The highest BCUT2D eigenvalue weighted by Crippen LogP contribution is 2.21. The monoisotopic (exact) mass is 844 g/mol. The van der Waals surface area contributed by atoms with Crippen LogP contribution in [0.15, 0.2) is 158 Å². The van der Waals surface area contributed by atoms with Gasteiger partial charge in [-0.1, -0.05) is 84.9 Å². The number of hydrogen-bond donors (Lipinski definition) is 5. The first-order chi connectivity index (χ1) is 30.6. The van der Waals surface area contributed by atoms with Crippen LogP contribution in [-0.2, 0) is 0 Å². The fourth-order valence-electron chi connectivity index (χ4n) is 7.28. The summed E-state index contributed by atoms with van der Waals surface area (Å²) in [7, 11) is 0. The molecule has 320 valence electrons. The number of nitrogens with zero attached hydrogens (tertiary/aromatic N) is 2. The largest absolute Gasteiger partial charge is 0.478 e. The van der Waals surface area contributed by atoms with Crippen LogP contribution in [0.25, 0.3) is 0 Å². The van der Waals surface area contributed by atoms with Gasteiger partial charge in [0.1, 0.15) is 0 Å². The Bertz CT molecular complexity index is 2470. The van der Waals surface area contributed by atoms with Crippen molar-refractivity contribution in [2.24, 2.45) is 5.73 Å². The molecule has 3 amide bonds. The van der Waals surface area contributed by atoms with Crippen molar-refractivity contribution in [1.29, 1.82) is 0 Å². The second-order valence-corrected chi connectivity index (χ2v) is 15.1. The van der Waals surface area contributed by atoms with Crippen LogP contribution in [0.2, 0.25) is 0 Å². The molecule has 2 aromatic heterocycles. The Balaban J connectivity index is 0.000000174. The zero-order valence-electron chi connectivity index (χ0n) is 34.4. The number of nitrogens with one attached hydrogen (secondary N) is 3. The van der Waals surface area contributed by atoms with E-state index in [-0.39, 0.29) is 59.0 Å². The van der Waals surface area contributed by atoms with Crippen molar-refractivity contribution in [2.45, 2.75) is 62.7 Å². The van der Waals surface area contributed by atoms with Crippen LogP contribution in [0.5, 0.6) is 0 Å². The Morgan fingerprint density at radius 3 is 1.11 bits per heavy atom. The van der Waals surface area contributed by atoms with Crippen LogP contribution >= 0.6 is 0 Å². The van der Waals surface area contributed by atoms with E-state index in [0.29, 0.717) is 38.9 Å². The van der Waals surface area contributed by atoms with Gasteiger partial charge in [-0.3, -0.25) is 33.9 Å². The number of aromatic nitrogens is 2. The molecule has 4 atom stereocenters. The third-order valence-corrected chi connectivity index (χ3v) is 10.8. The summed E-state index contributed by atoms with van der Waals surface area (Å²) in [5.74, 6) is -1.63. The van der Waals surface area contributed by atoms with Gasteiger partial charge < -0.3 is 26.8 Å². The Kier molecular flexibility index (Phi) is 15.9. The van der Waals surface area contributed by atoms with Crippen molar-refractivity contribution in [3.05, 3.63) is 203 Å². The van der Waals surface area contributed by atoms with Gasteiger partial charge in [-0.25, -0.2) is 4.79 Å².